The molecular weight excluding hydrogens is 391 g/mol. The number of fused-ring (bicyclic) bond motifs is 1. The molecule has 0 radical (unpaired) electrons. The molecule has 8 heteroatoms. The van der Waals surface area contributed by atoms with Gasteiger partial charge in [0.15, 0.2) is 0 Å². The number of rotatable bonds is 3. The summed E-state index contributed by atoms with van der Waals surface area (Å²) < 4.78 is 39.9. The third-order valence-corrected chi connectivity index (χ3v) is 5.83. The summed E-state index contributed by atoms with van der Waals surface area (Å²) in [6, 6.07) is 10.8. The van der Waals surface area contributed by atoms with E-state index < -0.39 is 29.0 Å². The van der Waals surface area contributed by atoms with Crippen molar-refractivity contribution in [3.8, 4) is 18.2 Å². The van der Waals surface area contributed by atoms with Crippen LogP contribution in [0.15, 0.2) is 47.2 Å². The van der Waals surface area contributed by atoms with Crippen LogP contribution in [0.4, 0.5) is 13.2 Å². The van der Waals surface area contributed by atoms with Crippen LogP contribution in [0.5, 0.6) is 0 Å². The van der Waals surface area contributed by atoms with Gasteiger partial charge in [-0.15, -0.1) is 0 Å². The van der Waals surface area contributed by atoms with Gasteiger partial charge in [-0.1, -0.05) is 31.2 Å². The van der Waals surface area contributed by atoms with E-state index in [9.17, 15) is 29.0 Å². The Morgan fingerprint density at radius 2 is 1.93 bits per heavy atom. The molecule has 30 heavy (non-hydrogen) atoms. The van der Waals surface area contributed by atoms with Crippen LogP contribution in [0, 0.1) is 45.3 Å². The summed E-state index contributed by atoms with van der Waals surface area (Å²) in [4.78, 5) is 2.10. The Morgan fingerprint density at radius 3 is 2.50 bits per heavy atom. The van der Waals surface area contributed by atoms with Crippen LogP contribution >= 0.6 is 0 Å². The Hall–Kier alpha value is -3.28. The molecule has 2 aliphatic rings. The van der Waals surface area contributed by atoms with Crippen LogP contribution in [0.2, 0.25) is 0 Å². The van der Waals surface area contributed by atoms with Gasteiger partial charge in [0.2, 0.25) is 5.41 Å². The predicted molar refractivity (Wildman–Crippen MR) is 103 cm³/mol. The maximum atomic E-state index is 13.3. The van der Waals surface area contributed by atoms with Crippen molar-refractivity contribution >= 4 is 0 Å². The lowest BCUT2D eigenvalue weighted by Crippen LogP contribution is -2.47. The number of allylic oxidation sites excluding steroid dienone is 2. The van der Waals surface area contributed by atoms with Crippen molar-refractivity contribution in [2.45, 2.75) is 25.4 Å². The van der Waals surface area contributed by atoms with Crippen molar-refractivity contribution in [1.29, 1.82) is 15.8 Å². The van der Waals surface area contributed by atoms with Gasteiger partial charge in [-0.25, -0.2) is 0 Å². The summed E-state index contributed by atoms with van der Waals surface area (Å²) in [5.74, 6) is -1.27. The topological polar surface area (TPSA) is 101 Å². The van der Waals surface area contributed by atoms with Gasteiger partial charge in [-0.3, -0.25) is 4.90 Å². The quantitative estimate of drug-likeness (QED) is 0.762. The van der Waals surface area contributed by atoms with Gasteiger partial charge < -0.3 is 5.73 Å². The van der Waals surface area contributed by atoms with Gasteiger partial charge in [0, 0.05) is 24.9 Å². The SMILES string of the molecule is CCCN1CC=C2[C@H](C1)[C@@H](c1cccc(C(F)(F)F)c1)C(C#N)=C(N)C2(C#N)C#N. The molecular formula is C22H20F3N5. The number of halogens is 3. The maximum Gasteiger partial charge on any atom is 0.416 e. The molecule has 1 aliphatic carbocycles. The molecule has 1 aromatic rings. The Labute approximate surface area is 173 Å². The molecule has 0 spiro atoms. The molecule has 0 unspecified atom stereocenters. The van der Waals surface area contributed by atoms with Gasteiger partial charge in [0.05, 0.1) is 35.0 Å². The molecule has 0 saturated carbocycles. The first kappa shape index (κ1) is 21.4. The average Bonchev–Trinajstić information content (AvgIpc) is 2.73. The first-order valence-corrected chi connectivity index (χ1v) is 9.56. The zero-order valence-electron chi connectivity index (χ0n) is 16.4. The van der Waals surface area contributed by atoms with E-state index in [0.717, 1.165) is 25.1 Å². The molecule has 2 atom stereocenters. The molecule has 154 valence electrons. The summed E-state index contributed by atoms with van der Waals surface area (Å²) in [6.07, 6.45) is -1.89. The molecule has 1 heterocycles. The monoisotopic (exact) mass is 411 g/mol. The van der Waals surface area contributed by atoms with Crippen LogP contribution < -0.4 is 5.73 Å². The third kappa shape index (κ3) is 3.32. The molecule has 1 aliphatic heterocycles. The van der Waals surface area contributed by atoms with Gasteiger partial charge in [-0.2, -0.15) is 29.0 Å². The van der Waals surface area contributed by atoms with Crippen LogP contribution in [-0.2, 0) is 6.18 Å². The zero-order chi connectivity index (χ0) is 22.1. The third-order valence-electron chi connectivity index (χ3n) is 5.83. The van der Waals surface area contributed by atoms with E-state index >= 15 is 0 Å². The molecule has 0 aromatic heterocycles. The highest BCUT2D eigenvalue weighted by Gasteiger charge is 2.52. The van der Waals surface area contributed by atoms with Crippen molar-refractivity contribution in [2.75, 3.05) is 19.6 Å². The van der Waals surface area contributed by atoms with Gasteiger partial charge in [0.25, 0.3) is 0 Å². The molecule has 0 bridgehead atoms. The zero-order valence-corrected chi connectivity index (χ0v) is 16.4. The fourth-order valence-corrected chi connectivity index (χ4v) is 4.48. The van der Waals surface area contributed by atoms with Crippen molar-refractivity contribution < 1.29 is 13.2 Å². The lowest BCUT2D eigenvalue weighted by atomic mass is 9.60. The predicted octanol–water partition coefficient (Wildman–Crippen LogP) is 3.84. The number of hydrogen-bond donors (Lipinski definition) is 1. The highest BCUT2D eigenvalue weighted by Crippen LogP contribution is 2.53. The van der Waals surface area contributed by atoms with Gasteiger partial charge in [0.1, 0.15) is 0 Å². The number of nitrogens with zero attached hydrogens (tertiary/aromatic N) is 4. The molecule has 0 amide bonds. The lowest BCUT2D eigenvalue weighted by molar-refractivity contribution is -0.137. The Morgan fingerprint density at radius 1 is 1.23 bits per heavy atom. The van der Waals surface area contributed by atoms with Crippen LogP contribution in [0.1, 0.15) is 30.4 Å². The Kier molecular flexibility index (Phi) is 5.61. The smallest absolute Gasteiger partial charge is 0.399 e. The van der Waals surface area contributed by atoms with Crippen molar-refractivity contribution in [3.05, 3.63) is 58.3 Å². The second kappa shape index (κ2) is 7.86. The molecule has 3 rings (SSSR count). The Bertz CT molecular complexity index is 1020. The molecule has 2 N–H and O–H groups in total. The number of benzene rings is 1. The van der Waals surface area contributed by atoms with Crippen LogP contribution in [-0.4, -0.2) is 24.5 Å². The fourth-order valence-electron chi connectivity index (χ4n) is 4.48. The second-order valence-electron chi connectivity index (χ2n) is 7.54. The molecule has 0 saturated heterocycles. The fraction of sp³-hybridized carbons (Fsp3) is 0.409. The minimum absolute atomic E-state index is 0.0158. The second-order valence-corrected chi connectivity index (χ2v) is 7.54. The van der Waals surface area contributed by atoms with E-state index in [2.05, 4.69) is 4.90 Å². The van der Waals surface area contributed by atoms with E-state index in [0.29, 0.717) is 24.2 Å². The first-order chi connectivity index (χ1) is 14.2. The highest BCUT2D eigenvalue weighted by molar-refractivity contribution is 5.58. The van der Waals surface area contributed by atoms with E-state index in [-0.39, 0.29) is 11.3 Å². The normalized spacial score (nSPS) is 23.6. The van der Waals surface area contributed by atoms with Gasteiger partial charge in [-0.05, 0) is 30.2 Å². The van der Waals surface area contributed by atoms with E-state index in [1.807, 2.05) is 25.1 Å². The number of alkyl halides is 3. The van der Waals surface area contributed by atoms with Crippen molar-refractivity contribution in [3.63, 3.8) is 0 Å². The van der Waals surface area contributed by atoms with Gasteiger partial charge >= 0.3 is 6.18 Å². The minimum atomic E-state index is -4.53. The van der Waals surface area contributed by atoms with Crippen LogP contribution in [0.25, 0.3) is 0 Å². The van der Waals surface area contributed by atoms with E-state index in [4.69, 9.17) is 5.73 Å². The maximum absolute atomic E-state index is 13.3. The number of nitrogens with two attached hydrogens (primary N) is 1. The summed E-state index contributed by atoms with van der Waals surface area (Å²) >= 11 is 0. The van der Waals surface area contributed by atoms with Crippen molar-refractivity contribution in [1.82, 2.24) is 4.90 Å². The largest absolute Gasteiger partial charge is 0.416 e. The summed E-state index contributed by atoms with van der Waals surface area (Å²) in [5.41, 5.74) is 4.13. The standard InChI is InChI=1S/C22H20F3N5/c1-2-7-30-8-6-18-17(11-30)19(14-4-3-5-15(9-14)22(23,24)25)16(10-26)20(29)21(18,12-27)13-28/h3-6,9,17,19H,2,7-8,11,29H2,1H3/t17-,19-/m0/s1. The highest BCUT2D eigenvalue weighted by atomic mass is 19.4. The Balaban J connectivity index is 2.26. The minimum Gasteiger partial charge on any atom is -0.399 e. The summed E-state index contributed by atoms with van der Waals surface area (Å²) in [6.45, 7) is 3.69. The van der Waals surface area contributed by atoms with E-state index in [1.165, 1.54) is 12.1 Å². The lowest BCUT2D eigenvalue weighted by Gasteiger charge is -2.45. The van der Waals surface area contributed by atoms with Crippen LogP contribution in [0.3, 0.4) is 0 Å². The number of nitriles is 3. The first-order valence-electron chi connectivity index (χ1n) is 9.56. The average molecular weight is 411 g/mol. The summed E-state index contributed by atoms with van der Waals surface area (Å²) in [7, 11) is 0. The molecule has 0 fully saturated rings. The number of hydrogen-bond acceptors (Lipinski definition) is 5. The summed E-state index contributed by atoms with van der Waals surface area (Å²) in [5, 5.41) is 29.5. The van der Waals surface area contributed by atoms with E-state index in [1.54, 1.807) is 6.08 Å². The molecule has 5 nitrogen and oxygen atoms in total. The molecule has 1 aromatic carbocycles. The van der Waals surface area contributed by atoms with Crippen molar-refractivity contribution in [2.24, 2.45) is 17.1 Å².